The minimum Gasteiger partial charge on any atom is -0.465 e. The van der Waals surface area contributed by atoms with Gasteiger partial charge in [0.1, 0.15) is 17.2 Å². The molecule has 0 aliphatic rings. The summed E-state index contributed by atoms with van der Waals surface area (Å²) < 4.78 is 9.91. The summed E-state index contributed by atoms with van der Waals surface area (Å²) in [5, 5.41) is 4.47. The highest BCUT2D eigenvalue weighted by Crippen LogP contribution is 2.28. The van der Waals surface area contributed by atoms with E-state index in [0.29, 0.717) is 18.8 Å². The first-order valence-electron chi connectivity index (χ1n) is 7.09. The van der Waals surface area contributed by atoms with Gasteiger partial charge in [-0.15, -0.1) is 22.7 Å². The van der Waals surface area contributed by atoms with Gasteiger partial charge in [-0.05, 0) is 18.4 Å². The Bertz CT molecular complexity index is 640. The van der Waals surface area contributed by atoms with Gasteiger partial charge in [0.05, 0.1) is 18.1 Å². The molecule has 124 valence electrons. The molecule has 0 saturated carbocycles. The molecule has 0 spiro atoms. The second-order valence-electron chi connectivity index (χ2n) is 4.54. The largest absolute Gasteiger partial charge is 0.465 e. The number of thiazole rings is 1. The van der Waals surface area contributed by atoms with Crippen LogP contribution in [0, 0.1) is 0 Å². The van der Waals surface area contributed by atoms with Gasteiger partial charge in [0.25, 0.3) is 5.91 Å². The minimum atomic E-state index is -0.439. The van der Waals surface area contributed by atoms with Gasteiger partial charge in [0.15, 0.2) is 0 Å². The SMILES string of the molecule is CCOC(=O)CN(CCOC)C(=O)c1csc(-c2cccs2)n1. The molecule has 2 rings (SSSR count). The van der Waals surface area contributed by atoms with Crippen molar-refractivity contribution >= 4 is 34.6 Å². The van der Waals surface area contributed by atoms with Gasteiger partial charge in [-0.25, -0.2) is 4.98 Å². The lowest BCUT2D eigenvalue weighted by molar-refractivity contribution is -0.143. The molecular weight excluding hydrogens is 336 g/mol. The molecule has 6 nitrogen and oxygen atoms in total. The lowest BCUT2D eigenvalue weighted by atomic mass is 10.3. The van der Waals surface area contributed by atoms with Crippen molar-refractivity contribution in [2.45, 2.75) is 6.92 Å². The van der Waals surface area contributed by atoms with E-state index in [0.717, 1.165) is 9.88 Å². The van der Waals surface area contributed by atoms with Gasteiger partial charge in [0, 0.05) is 19.0 Å². The van der Waals surface area contributed by atoms with Crippen LogP contribution in [0.2, 0.25) is 0 Å². The lowest BCUT2D eigenvalue weighted by Gasteiger charge is -2.20. The van der Waals surface area contributed by atoms with Crippen molar-refractivity contribution in [1.82, 2.24) is 9.88 Å². The van der Waals surface area contributed by atoms with Crippen molar-refractivity contribution < 1.29 is 19.1 Å². The van der Waals surface area contributed by atoms with E-state index in [2.05, 4.69) is 4.98 Å². The summed E-state index contributed by atoms with van der Waals surface area (Å²) >= 11 is 2.98. The Balaban J connectivity index is 2.11. The lowest BCUT2D eigenvalue weighted by Crippen LogP contribution is -2.38. The Labute approximate surface area is 142 Å². The molecule has 0 radical (unpaired) electrons. The number of nitrogens with zero attached hydrogens (tertiary/aromatic N) is 2. The molecule has 0 bridgehead atoms. The van der Waals surface area contributed by atoms with Gasteiger partial charge in [0.2, 0.25) is 0 Å². The molecule has 0 fully saturated rings. The van der Waals surface area contributed by atoms with Crippen LogP contribution in [0.3, 0.4) is 0 Å². The van der Waals surface area contributed by atoms with Crippen LogP contribution >= 0.6 is 22.7 Å². The highest BCUT2D eigenvalue weighted by atomic mass is 32.1. The van der Waals surface area contributed by atoms with E-state index in [1.165, 1.54) is 16.2 Å². The number of ether oxygens (including phenoxy) is 2. The molecule has 0 aromatic carbocycles. The van der Waals surface area contributed by atoms with E-state index >= 15 is 0 Å². The number of carbonyl (C=O) groups excluding carboxylic acids is 2. The van der Waals surface area contributed by atoms with Crippen LogP contribution in [-0.2, 0) is 14.3 Å². The van der Waals surface area contributed by atoms with Gasteiger partial charge in [-0.1, -0.05) is 6.07 Å². The van der Waals surface area contributed by atoms with Crippen molar-refractivity contribution in [3.63, 3.8) is 0 Å². The predicted octanol–water partition coefficient (Wildman–Crippen LogP) is 2.52. The maximum atomic E-state index is 12.6. The molecule has 0 saturated heterocycles. The van der Waals surface area contributed by atoms with Crippen molar-refractivity contribution in [2.24, 2.45) is 0 Å². The van der Waals surface area contributed by atoms with Crippen LogP contribution in [0.5, 0.6) is 0 Å². The highest BCUT2D eigenvalue weighted by molar-refractivity contribution is 7.20. The van der Waals surface area contributed by atoms with Crippen LogP contribution in [0.4, 0.5) is 0 Å². The Morgan fingerprint density at radius 2 is 2.17 bits per heavy atom. The topological polar surface area (TPSA) is 68.7 Å². The van der Waals surface area contributed by atoms with E-state index in [1.807, 2.05) is 17.5 Å². The average molecular weight is 354 g/mol. The van der Waals surface area contributed by atoms with Gasteiger partial charge in [-0.2, -0.15) is 0 Å². The molecule has 8 heteroatoms. The third-order valence-corrected chi connectivity index (χ3v) is 4.81. The number of esters is 1. The van der Waals surface area contributed by atoms with E-state index in [9.17, 15) is 9.59 Å². The normalized spacial score (nSPS) is 10.5. The molecule has 0 aliphatic carbocycles. The number of hydrogen-bond acceptors (Lipinski definition) is 7. The summed E-state index contributed by atoms with van der Waals surface area (Å²) in [5.41, 5.74) is 0.332. The fourth-order valence-electron chi connectivity index (χ4n) is 1.86. The van der Waals surface area contributed by atoms with E-state index in [4.69, 9.17) is 9.47 Å². The van der Waals surface area contributed by atoms with Crippen molar-refractivity contribution in [1.29, 1.82) is 0 Å². The Morgan fingerprint density at radius 1 is 1.35 bits per heavy atom. The second-order valence-corrected chi connectivity index (χ2v) is 6.35. The summed E-state index contributed by atoms with van der Waals surface area (Å²) in [6, 6.07) is 3.90. The summed E-state index contributed by atoms with van der Waals surface area (Å²) in [5.74, 6) is -0.736. The zero-order chi connectivity index (χ0) is 16.7. The average Bonchev–Trinajstić information content (AvgIpc) is 3.21. The van der Waals surface area contributed by atoms with Gasteiger partial charge >= 0.3 is 5.97 Å². The number of amides is 1. The standard InChI is InChI=1S/C15H18N2O4S2/c1-3-21-13(18)9-17(6-7-20-2)15(19)11-10-23-14(16-11)12-5-4-8-22-12/h4-5,8,10H,3,6-7,9H2,1-2H3. The first-order valence-corrected chi connectivity index (χ1v) is 8.84. The molecule has 0 aliphatic heterocycles. The quantitative estimate of drug-likeness (QED) is 0.682. The molecule has 23 heavy (non-hydrogen) atoms. The third-order valence-electron chi connectivity index (χ3n) is 2.93. The van der Waals surface area contributed by atoms with Gasteiger partial charge in [-0.3, -0.25) is 9.59 Å². The van der Waals surface area contributed by atoms with Crippen LogP contribution in [-0.4, -0.2) is 55.2 Å². The van der Waals surface area contributed by atoms with Crippen molar-refractivity contribution in [2.75, 3.05) is 33.4 Å². The van der Waals surface area contributed by atoms with Crippen LogP contribution in [0.1, 0.15) is 17.4 Å². The number of hydrogen-bond donors (Lipinski definition) is 0. The molecule has 1 amide bonds. The maximum absolute atomic E-state index is 12.6. The van der Waals surface area contributed by atoms with Crippen LogP contribution in [0.25, 0.3) is 9.88 Å². The zero-order valence-corrected chi connectivity index (χ0v) is 14.6. The molecule has 0 unspecified atom stereocenters. The summed E-state index contributed by atoms with van der Waals surface area (Å²) in [6.07, 6.45) is 0. The number of aromatic nitrogens is 1. The van der Waals surface area contributed by atoms with Crippen LogP contribution < -0.4 is 0 Å². The first kappa shape index (κ1) is 17.6. The molecular formula is C15H18N2O4S2. The highest BCUT2D eigenvalue weighted by Gasteiger charge is 2.22. The molecule has 0 N–H and O–H groups in total. The third kappa shape index (κ3) is 4.85. The molecule has 2 heterocycles. The zero-order valence-electron chi connectivity index (χ0n) is 13.0. The summed E-state index contributed by atoms with van der Waals surface area (Å²) in [4.78, 5) is 31.0. The Morgan fingerprint density at radius 3 is 2.83 bits per heavy atom. The number of methoxy groups -OCH3 is 1. The maximum Gasteiger partial charge on any atom is 0.325 e. The summed E-state index contributed by atoms with van der Waals surface area (Å²) in [7, 11) is 1.55. The van der Waals surface area contributed by atoms with E-state index in [1.54, 1.807) is 30.8 Å². The first-order chi connectivity index (χ1) is 11.2. The Kier molecular flexibility index (Phi) is 6.69. The van der Waals surface area contributed by atoms with E-state index < -0.39 is 5.97 Å². The van der Waals surface area contributed by atoms with Crippen molar-refractivity contribution in [3.8, 4) is 9.88 Å². The van der Waals surface area contributed by atoms with Gasteiger partial charge < -0.3 is 14.4 Å². The number of thiophene rings is 1. The van der Waals surface area contributed by atoms with E-state index in [-0.39, 0.29) is 19.1 Å². The smallest absolute Gasteiger partial charge is 0.325 e. The monoisotopic (exact) mass is 354 g/mol. The molecule has 0 atom stereocenters. The number of carbonyl (C=O) groups is 2. The molecule has 2 aromatic rings. The predicted molar refractivity (Wildman–Crippen MR) is 89.8 cm³/mol. The van der Waals surface area contributed by atoms with Crippen LogP contribution in [0.15, 0.2) is 22.9 Å². The summed E-state index contributed by atoms with van der Waals surface area (Å²) in [6.45, 7) is 2.55. The van der Waals surface area contributed by atoms with Crippen molar-refractivity contribution in [3.05, 3.63) is 28.6 Å². The Hall–Kier alpha value is -1.77. The second kappa shape index (κ2) is 8.76. The minimum absolute atomic E-state index is 0.109. The number of rotatable bonds is 8. The fourth-order valence-corrected chi connectivity index (χ4v) is 3.47. The fraction of sp³-hybridized carbons (Fsp3) is 0.400. The molecule has 2 aromatic heterocycles.